The molecule has 12 heteroatoms. The van der Waals surface area contributed by atoms with E-state index in [1.54, 1.807) is 20.8 Å². The van der Waals surface area contributed by atoms with Crippen molar-refractivity contribution in [3.8, 4) is 0 Å². The third kappa shape index (κ3) is 3.93. The number of likely N-dealkylation sites (tertiary alicyclic amines) is 1. The molecular weight excluding hydrogens is 554 g/mol. The molecule has 3 amide bonds. The van der Waals surface area contributed by atoms with E-state index in [1.165, 1.54) is 18.2 Å². The SMILES string of the molecule is CCN1C(=O)C2=C(C1=O)C(C)[C@H]1C(=C2)C(=O)N(C2=CC=C(C(c3ccc(C)cc3)(C(F)(F)F)C(F)(F)F)CC2)C1O. The molecule has 2 unspecified atom stereocenters. The van der Waals surface area contributed by atoms with Crippen molar-refractivity contribution in [2.75, 3.05) is 6.54 Å². The molecule has 6 nitrogen and oxygen atoms in total. The van der Waals surface area contributed by atoms with Crippen molar-refractivity contribution in [3.63, 3.8) is 0 Å². The first-order valence-electron chi connectivity index (χ1n) is 13.0. The summed E-state index contributed by atoms with van der Waals surface area (Å²) in [6.07, 6.45) is -11.1. The van der Waals surface area contributed by atoms with Gasteiger partial charge >= 0.3 is 12.4 Å². The van der Waals surface area contributed by atoms with Crippen LogP contribution in [0, 0.1) is 18.8 Å². The van der Waals surface area contributed by atoms with E-state index in [2.05, 4.69) is 0 Å². The molecule has 218 valence electrons. The Labute approximate surface area is 231 Å². The monoisotopic (exact) mass is 580 g/mol. The zero-order valence-corrected chi connectivity index (χ0v) is 22.2. The maximum Gasteiger partial charge on any atom is 0.410 e. The van der Waals surface area contributed by atoms with Gasteiger partial charge in [-0.1, -0.05) is 42.8 Å². The fourth-order valence-corrected chi connectivity index (χ4v) is 6.50. The summed E-state index contributed by atoms with van der Waals surface area (Å²) in [6, 6.07) is 4.00. The van der Waals surface area contributed by atoms with Gasteiger partial charge < -0.3 is 5.11 Å². The van der Waals surface area contributed by atoms with E-state index in [0.29, 0.717) is 5.56 Å². The van der Waals surface area contributed by atoms with Gasteiger partial charge in [-0.25, -0.2) is 0 Å². The minimum absolute atomic E-state index is 0.0314. The van der Waals surface area contributed by atoms with Crippen LogP contribution < -0.4 is 0 Å². The Kier molecular flexibility index (Phi) is 6.64. The van der Waals surface area contributed by atoms with E-state index in [1.807, 2.05) is 0 Å². The number of fused-ring (bicyclic) bond motifs is 1. The molecule has 0 radical (unpaired) electrons. The minimum atomic E-state index is -5.73. The van der Waals surface area contributed by atoms with Crippen LogP contribution >= 0.6 is 0 Å². The lowest BCUT2D eigenvalue weighted by atomic mass is 9.69. The van der Waals surface area contributed by atoms with E-state index in [9.17, 15) is 45.8 Å². The van der Waals surface area contributed by atoms with Crippen LogP contribution in [0.15, 0.2) is 70.5 Å². The highest BCUT2D eigenvalue weighted by atomic mass is 19.4. The van der Waals surface area contributed by atoms with Crippen LogP contribution in [0.3, 0.4) is 0 Å². The van der Waals surface area contributed by atoms with Gasteiger partial charge in [-0.05, 0) is 55.9 Å². The second-order valence-electron chi connectivity index (χ2n) is 10.6. The number of alkyl halides is 6. The van der Waals surface area contributed by atoms with Crippen LogP contribution in [0.2, 0.25) is 0 Å². The van der Waals surface area contributed by atoms with Crippen molar-refractivity contribution in [1.82, 2.24) is 9.80 Å². The van der Waals surface area contributed by atoms with Crippen LogP contribution in [0.25, 0.3) is 0 Å². The highest BCUT2D eigenvalue weighted by molar-refractivity contribution is 6.22. The van der Waals surface area contributed by atoms with E-state index in [0.717, 1.165) is 34.1 Å². The lowest BCUT2D eigenvalue weighted by Gasteiger charge is -2.41. The van der Waals surface area contributed by atoms with Crippen LogP contribution in [-0.4, -0.2) is 57.8 Å². The number of amides is 3. The highest BCUT2D eigenvalue weighted by Gasteiger charge is 2.73. The lowest BCUT2D eigenvalue weighted by Crippen LogP contribution is -2.55. The molecule has 41 heavy (non-hydrogen) atoms. The summed E-state index contributed by atoms with van der Waals surface area (Å²) in [6.45, 7) is 4.88. The summed E-state index contributed by atoms with van der Waals surface area (Å²) < 4.78 is 86.9. The van der Waals surface area contributed by atoms with Crippen LogP contribution in [0.1, 0.15) is 37.8 Å². The summed E-state index contributed by atoms with van der Waals surface area (Å²) in [5.74, 6) is -3.47. The molecule has 0 bridgehead atoms. The number of imide groups is 1. The molecule has 2 aliphatic heterocycles. The number of aryl methyl sites for hydroxylation is 1. The molecule has 5 rings (SSSR count). The van der Waals surface area contributed by atoms with Gasteiger partial charge in [0.1, 0.15) is 6.23 Å². The average Bonchev–Trinajstić information content (AvgIpc) is 3.28. The number of hydrogen-bond donors (Lipinski definition) is 1. The first-order valence-corrected chi connectivity index (χ1v) is 13.0. The van der Waals surface area contributed by atoms with E-state index < -0.39 is 77.5 Å². The second-order valence-corrected chi connectivity index (χ2v) is 10.6. The molecule has 2 aliphatic carbocycles. The molecule has 3 atom stereocenters. The van der Waals surface area contributed by atoms with Crippen molar-refractivity contribution >= 4 is 17.7 Å². The summed E-state index contributed by atoms with van der Waals surface area (Å²) in [7, 11) is 0. The Morgan fingerprint density at radius 3 is 2.02 bits per heavy atom. The zero-order chi connectivity index (χ0) is 30.2. The molecule has 0 saturated carbocycles. The Hall–Kier alpha value is -3.67. The normalized spacial score (nSPS) is 25.4. The quantitative estimate of drug-likeness (QED) is 0.402. The first kappa shape index (κ1) is 28.8. The number of hydrogen-bond acceptors (Lipinski definition) is 4. The molecule has 4 aliphatic rings. The third-order valence-electron chi connectivity index (χ3n) is 8.52. The zero-order valence-electron chi connectivity index (χ0n) is 22.2. The summed E-state index contributed by atoms with van der Waals surface area (Å²) in [4.78, 5) is 40.9. The number of rotatable bonds is 4. The van der Waals surface area contributed by atoms with Crippen LogP contribution in [0.5, 0.6) is 0 Å². The standard InChI is InChI=1S/C29H26F6N2O4/c1-4-36-23(38)19-13-20-22(15(3)21(19)25(36)40)26(41)37(24(20)39)18-11-9-17(10-12-18)27(28(30,31)32,29(33,34)35)16-7-5-14(2)6-8-16/h5-9,11,13,15,22,26,41H,4,10,12H2,1-3H3/t15?,22-,26?/m0/s1. The van der Waals surface area contributed by atoms with Gasteiger partial charge in [-0.3, -0.25) is 24.2 Å². The van der Waals surface area contributed by atoms with Crippen molar-refractivity contribution < 1.29 is 45.8 Å². The van der Waals surface area contributed by atoms with E-state index in [4.69, 9.17) is 0 Å². The van der Waals surface area contributed by atoms with Crippen LogP contribution in [-0.2, 0) is 19.8 Å². The predicted molar refractivity (Wildman–Crippen MR) is 133 cm³/mol. The fourth-order valence-electron chi connectivity index (χ4n) is 6.50. The number of carbonyl (C=O) groups is 3. The van der Waals surface area contributed by atoms with Gasteiger partial charge in [0.05, 0.1) is 0 Å². The smallest absolute Gasteiger partial charge is 0.372 e. The van der Waals surface area contributed by atoms with Gasteiger partial charge in [-0.15, -0.1) is 0 Å². The molecule has 1 fully saturated rings. The molecule has 1 saturated heterocycles. The molecule has 0 spiro atoms. The Morgan fingerprint density at radius 1 is 0.902 bits per heavy atom. The summed E-state index contributed by atoms with van der Waals surface area (Å²) in [5.41, 5.74) is -5.39. The number of nitrogens with zero attached hydrogens (tertiary/aromatic N) is 2. The van der Waals surface area contributed by atoms with Crippen molar-refractivity contribution in [3.05, 3.63) is 81.6 Å². The number of allylic oxidation sites excluding steroid dienone is 4. The Bertz CT molecular complexity index is 1450. The fraction of sp³-hybridized carbons (Fsp3) is 0.414. The number of aliphatic hydroxyl groups excluding tert-OH is 1. The molecule has 0 aromatic heterocycles. The van der Waals surface area contributed by atoms with Crippen molar-refractivity contribution in [1.29, 1.82) is 0 Å². The highest BCUT2D eigenvalue weighted by Crippen LogP contribution is 2.58. The lowest BCUT2D eigenvalue weighted by molar-refractivity contribution is -0.290. The van der Waals surface area contributed by atoms with Gasteiger partial charge in [0.25, 0.3) is 17.7 Å². The maximum absolute atomic E-state index is 14.5. The third-order valence-corrected chi connectivity index (χ3v) is 8.52. The second kappa shape index (κ2) is 9.43. The largest absolute Gasteiger partial charge is 0.410 e. The predicted octanol–water partition coefficient (Wildman–Crippen LogP) is 5.00. The van der Waals surface area contributed by atoms with Gasteiger partial charge in [0.2, 0.25) is 5.41 Å². The molecule has 1 aromatic rings. The number of benzene rings is 1. The van der Waals surface area contributed by atoms with Gasteiger partial charge in [0, 0.05) is 34.9 Å². The average molecular weight is 581 g/mol. The summed E-state index contributed by atoms with van der Waals surface area (Å²) >= 11 is 0. The molecule has 2 heterocycles. The minimum Gasteiger partial charge on any atom is -0.372 e. The topological polar surface area (TPSA) is 77.9 Å². The summed E-state index contributed by atoms with van der Waals surface area (Å²) in [5, 5.41) is 11.2. The first-order chi connectivity index (χ1) is 19.1. The van der Waals surface area contributed by atoms with E-state index in [-0.39, 0.29) is 29.0 Å². The number of halogens is 6. The Balaban J connectivity index is 1.55. The van der Waals surface area contributed by atoms with Crippen LogP contribution in [0.4, 0.5) is 26.3 Å². The molecule has 1 N–H and O–H groups in total. The van der Waals surface area contributed by atoms with Gasteiger partial charge in [-0.2, -0.15) is 26.3 Å². The molecular formula is C29H26F6N2O4. The number of likely N-dealkylation sites (N-methyl/N-ethyl adjacent to an activating group) is 1. The van der Waals surface area contributed by atoms with Gasteiger partial charge in [0.15, 0.2) is 0 Å². The van der Waals surface area contributed by atoms with E-state index >= 15 is 0 Å². The molecule has 1 aromatic carbocycles. The van der Waals surface area contributed by atoms with Crippen molar-refractivity contribution in [2.24, 2.45) is 11.8 Å². The number of carbonyl (C=O) groups excluding carboxylic acids is 3. The Morgan fingerprint density at radius 2 is 1.51 bits per heavy atom. The van der Waals surface area contributed by atoms with Crippen molar-refractivity contribution in [2.45, 2.75) is 57.6 Å². The maximum atomic E-state index is 14.5. The number of aliphatic hydroxyl groups is 1.